The minimum absolute atomic E-state index is 0.761. The first kappa shape index (κ1) is 8.26. The number of methoxy groups -OCH3 is 1. The van der Waals surface area contributed by atoms with E-state index in [4.69, 9.17) is 0 Å². The third-order valence-electron chi connectivity index (χ3n) is 0.559. The molecule has 1 nitrogen and oxygen atoms in total. The molecule has 0 rings (SSSR count). The lowest BCUT2D eigenvalue weighted by atomic mass is 10.6. The van der Waals surface area contributed by atoms with Crippen molar-refractivity contribution in [2.75, 3.05) is 7.11 Å². The van der Waals surface area contributed by atoms with E-state index in [9.17, 15) is 17.6 Å². The van der Waals surface area contributed by atoms with Crippen LogP contribution in [0.2, 0.25) is 0 Å². The van der Waals surface area contributed by atoms with Gasteiger partial charge < -0.3 is 4.74 Å². The number of allylic oxidation sites excluding steroid dienone is 1. The van der Waals surface area contributed by atoms with Crippen molar-refractivity contribution in [1.29, 1.82) is 0 Å². The van der Waals surface area contributed by atoms with Crippen LogP contribution in [-0.4, -0.2) is 13.5 Å². The van der Waals surface area contributed by atoms with E-state index in [0.29, 0.717) is 0 Å². The predicted molar refractivity (Wildman–Crippen MR) is 22.3 cm³/mol. The van der Waals surface area contributed by atoms with Gasteiger partial charge in [0.2, 0.25) is 5.83 Å². The molecule has 0 aliphatic rings. The zero-order valence-electron chi connectivity index (χ0n) is 4.50. The molecule has 0 fully saturated rings. The monoisotopic (exact) mass is 144 g/mol. The fourth-order valence-electron chi connectivity index (χ4n) is 0.183. The molecular weight excluding hydrogens is 140 g/mol. The van der Waals surface area contributed by atoms with Gasteiger partial charge in [0, 0.05) is 0 Å². The molecule has 0 amide bonds. The smallest absolute Gasteiger partial charge is 0.310 e. The number of hydrogen-bond donors (Lipinski definition) is 0. The Morgan fingerprint density at radius 2 is 1.78 bits per heavy atom. The second-order valence-electron chi connectivity index (χ2n) is 1.13. The van der Waals surface area contributed by atoms with Crippen molar-refractivity contribution in [3.05, 3.63) is 11.8 Å². The van der Waals surface area contributed by atoms with Gasteiger partial charge in [-0.15, -0.1) is 0 Å². The standard InChI is InChI=1S/C4H4F4O/c1-9-4(8)2(5)3(6)7/h3H,1H3. The molecule has 0 spiro atoms. The highest BCUT2D eigenvalue weighted by molar-refractivity contribution is 4.94. The van der Waals surface area contributed by atoms with Crippen LogP contribution in [0, 0.1) is 0 Å². The summed E-state index contributed by atoms with van der Waals surface area (Å²) in [4.78, 5) is 0. The van der Waals surface area contributed by atoms with E-state index >= 15 is 0 Å². The lowest BCUT2D eigenvalue weighted by Crippen LogP contribution is -1.94. The van der Waals surface area contributed by atoms with Crippen LogP contribution in [0.5, 0.6) is 0 Å². The Hall–Kier alpha value is -0.740. The second-order valence-corrected chi connectivity index (χ2v) is 1.13. The van der Waals surface area contributed by atoms with Crippen molar-refractivity contribution < 1.29 is 22.3 Å². The summed E-state index contributed by atoms with van der Waals surface area (Å²) < 4.78 is 48.9. The van der Waals surface area contributed by atoms with Crippen LogP contribution >= 0.6 is 0 Å². The van der Waals surface area contributed by atoms with Crippen molar-refractivity contribution in [2.45, 2.75) is 6.43 Å². The van der Waals surface area contributed by atoms with E-state index in [-0.39, 0.29) is 0 Å². The summed E-state index contributed by atoms with van der Waals surface area (Å²) in [6, 6.07) is -1.87. The van der Waals surface area contributed by atoms with Gasteiger partial charge in [-0.05, 0) is 0 Å². The van der Waals surface area contributed by atoms with E-state index in [1.807, 2.05) is 0 Å². The number of rotatable bonds is 2. The largest absolute Gasteiger partial charge is 0.472 e. The molecule has 0 aromatic heterocycles. The lowest BCUT2D eigenvalue weighted by molar-refractivity contribution is 0.117. The molecule has 0 bridgehead atoms. The molecule has 54 valence electrons. The zero-order chi connectivity index (χ0) is 7.44. The lowest BCUT2D eigenvalue weighted by Gasteiger charge is -1.95. The summed E-state index contributed by atoms with van der Waals surface area (Å²) in [6.45, 7) is 0. The summed E-state index contributed by atoms with van der Waals surface area (Å²) in [6.07, 6.45) is -3.44. The average molecular weight is 144 g/mol. The molecule has 9 heavy (non-hydrogen) atoms. The van der Waals surface area contributed by atoms with E-state index in [1.54, 1.807) is 0 Å². The maximum Gasteiger partial charge on any atom is 0.310 e. The first-order chi connectivity index (χ1) is 4.09. The summed E-state index contributed by atoms with van der Waals surface area (Å²) in [5.41, 5.74) is 0. The molecule has 0 atom stereocenters. The van der Waals surface area contributed by atoms with Crippen LogP contribution < -0.4 is 0 Å². The third-order valence-corrected chi connectivity index (χ3v) is 0.559. The molecular formula is C4H4F4O. The summed E-state index contributed by atoms with van der Waals surface area (Å²) in [5.74, 6) is -2.17. The third kappa shape index (κ3) is 2.34. The van der Waals surface area contributed by atoms with Gasteiger partial charge in [-0.2, -0.15) is 8.78 Å². The highest BCUT2D eigenvalue weighted by Gasteiger charge is 2.17. The second kappa shape index (κ2) is 3.32. The van der Waals surface area contributed by atoms with Crippen LogP contribution in [0.15, 0.2) is 11.8 Å². The van der Waals surface area contributed by atoms with Gasteiger partial charge in [-0.1, -0.05) is 0 Å². The molecule has 0 aliphatic carbocycles. The Bertz CT molecular complexity index is 120. The highest BCUT2D eigenvalue weighted by atomic mass is 19.3. The first-order valence-electron chi connectivity index (χ1n) is 1.97. The van der Waals surface area contributed by atoms with Gasteiger partial charge in [0.25, 0.3) is 6.43 Å². The van der Waals surface area contributed by atoms with E-state index in [0.717, 1.165) is 7.11 Å². The Balaban J connectivity index is 4.10. The fourth-order valence-corrected chi connectivity index (χ4v) is 0.183. The minimum Gasteiger partial charge on any atom is -0.472 e. The first-order valence-corrected chi connectivity index (χ1v) is 1.97. The van der Waals surface area contributed by atoms with E-state index in [1.165, 1.54) is 0 Å². The Labute approximate surface area is 48.9 Å². The van der Waals surface area contributed by atoms with Gasteiger partial charge >= 0.3 is 6.01 Å². The van der Waals surface area contributed by atoms with Crippen molar-refractivity contribution in [1.82, 2.24) is 0 Å². The van der Waals surface area contributed by atoms with Crippen molar-refractivity contribution in [3.8, 4) is 0 Å². The van der Waals surface area contributed by atoms with E-state index in [2.05, 4.69) is 4.74 Å². The minimum atomic E-state index is -3.44. The number of ether oxygens (including phenoxy) is 1. The van der Waals surface area contributed by atoms with Crippen molar-refractivity contribution >= 4 is 0 Å². The maximum absolute atomic E-state index is 11.6. The molecule has 5 heteroatoms. The number of halogens is 4. The Kier molecular flexibility index (Phi) is 3.05. The van der Waals surface area contributed by atoms with Crippen LogP contribution in [0.1, 0.15) is 0 Å². The van der Waals surface area contributed by atoms with Crippen molar-refractivity contribution in [2.24, 2.45) is 0 Å². The molecule has 0 unspecified atom stereocenters. The number of hydrogen-bond acceptors (Lipinski definition) is 1. The molecule has 0 aromatic carbocycles. The predicted octanol–water partition coefficient (Wildman–Crippen LogP) is 2.01. The molecule has 0 aliphatic heterocycles. The van der Waals surface area contributed by atoms with E-state index < -0.39 is 18.3 Å². The molecule has 0 aromatic rings. The van der Waals surface area contributed by atoms with Crippen LogP contribution in [-0.2, 0) is 4.74 Å². The molecule has 0 saturated heterocycles. The van der Waals surface area contributed by atoms with Gasteiger partial charge in [0.05, 0.1) is 7.11 Å². The molecule has 0 radical (unpaired) electrons. The fraction of sp³-hybridized carbons (Fsp3) is 0.500. The van der Waals surface area contributed by atoms with Gasteiger partial charge in [-0.3, -0.25) is 0 Å². The summed E-state index contributed by atoms with van der Waals surface area (Å²) >= 11 is 0. The SMILES string of the molecule is COC(F)=C(F)C(F)F. The summed E-state index contributed by atoms with van der Waals surface area (Å²) in [7, 11) is 0.761. The topological polar surface area (TPSA) is 9.23 Å². The molecule has 0 heterocycles. The zero-order valence-corrected chi connectivity index (χ0v) is 4.50. The highest BCUT2D eigenvalue weighted by Crippen LogP contribution is 2.15. The quantitative estimate of drug-likeness (QED) is 0.425. The number of alkyl halides is 2. The van der Waals surface area contributed by atoms with Gasteiger partial charge in [-0.25, -0.2) is 8.78 Å². The summed E-state index contributed by atoms with van der Waals surface area (Å²) in [5, 5.41) is 0. The van der Waals surface area contributed by atoms with Crippen LogP contribution in [0.3, 0.4) is 0 Å². The van der Waals surface area contributed by atoms with Crippen LogP contribution in [0.25, 0.3) is 0 Å². The Morgan fingerprint density at radius 1 is 1.33 bits per heavy atom. The van der Waals surface area contributed by atoms with Crippen LogP contribution in [0.4, 0.5) is 17.6 Å². The normalized spacial score (nSPS) is 13.6. The Morgan fingerprint density at radius 3 is 1.89 bits per heavy atom. The van der Waals surface area contributed by atoms with Crippen molar-refractivity contribution in [3.63, 3.8) is 0 Å². The molecule has 0 N–H and O–H groups in total. The maximum atomic E-state index is 11.6. The van der Waals surface area contributed by atoms with Gasteiger partial charge in [0.15, 0.2) is 0 Å². The average Bonchev–Trinajstić information content (AvgIpc) is 1.84. The molecule has 0 saturated carbocycles. The van der Waals surface area contributed by atoms with Gasteiger partial charge in [0.1, 0.15) is 0 Å².